The Hall–Kier alpha value is -2.94. The number of hydrogen-bond donors (Lipinski definition) is 2. The Labute approximate surface area is 160 Å². The van der Waals surface area contributed by atoms with Crippen molar-refractivity contribution in [2.75, 3.05) is 18.4 Å². The molecular weight excluding hydrogens is 340 g/mol. The van der Waals surface area contributed by atoms with Crippen molar-refractivity contribution in [1.82, 2.24) is 15.1 Å². The zero-order valence-corrected chi connectivity index (χ0v) is 16.1. The van der Waals surface area contributed by atoms with Crippen molar-refractivity contribution in [2.24, 2.45) is 5.92 Å². The van der Waals surface area contributed by atoms with E-state index in [2.05, 4.69) is 27.6 Å². The van der Waals surface area contributed by atoms with E-state index in [0.29, 0.717) is 13.0 Å². The minimum Gasteiger partial charge on any atom is -0.444 e. The van der Waals surface area contributed by atoms with Crippen LogP contribution in [0.15, 0.2) is 36.5 Å². The number of ether oxygens (including phenoxy) is 1. The van der Waals surface area contributed by atoms with Gasteiger partial charge in [-0.05, 0) is 32.9 Å². The SMILES string of the molecule is CC(C)(C)OC(=O)NCC1CNc2c(CC#Cc3ccccc3)cnn2C1. The molecule has 0 fully saturated rings. The molecular formula is C21H26N4O2. The van der Waals surface area contributed by atoms with E-state index in [4.69, 9.17) is 4.74 Å². The number of hydrogen-bond acceptors (Lipinski definition) is 4. The summed E-state index contributed by atoms with van der Waals surface area (Å²) in [5.74, 6) is 7.66. The van der Waals surface area contributed by atoms with Crippen LogP contribution in [0.5, 0.6) is 0 Å². The van der Waals surface area contributed by atoms with Crippen molar-refractivity contribution in [2.45, 2.75) is 39.3 Å². The molecule has 0 saturated heterocycles. The minimum absolute atomic E-state index is 0.258. The smallest absolute Gasteiger partial charge is 0.407 e. The molecule has 1 unspecified atom stereocenters. The highest BCUT2D eigenvalue weighted by molar-refractivity contribution is 5.67. The highest BCUT2D eigenvalue weighted by Gasteiger charge is 2.23. The third kappa shape index (κ3) is 5.52. The van der Waals surface area contributed by atoms with Gasteiger partial charge in [0, 0.05) is 43.1 Å². The largest absolute Gasteiger partial charge is 0.444 e. The third-order valence-electron chi connectivity index (χ3n) is 4.12. The van der Waals surface area contributed by atoms with Crippen LogP contribution in [0.1, 0.15) is 31.9 Å². The van der Waals surface area contributed by atoms with Gasteiger partial charge in [0.25, 0.3) is 0 Å². The number of aromatic nitrogens is 2. The molecule has 1 aliphatic heterocycles. The van der Waals surface area contributed by atoms with E-state index in [1.54, 1.807) is 0 Å². The number of carbonyl (C=O) groups is 1. The number of rotatable bonds is 3. The van der Waals surface area contributed by atoms with Gasteiger partial charge in [-0.3, -0.25) is 0 Å². The molecule has 2 aromatic rings. The first kappa shape index (κ1) is 18.8. The number of fused-ring (bicyclic) bond motifs is 1. The van der Waals surface area contributed by atoms with Gasteiger partial charge in [-0.25, -0.2) is 9.48 Å². The molecule has 0 spiro atoms. The maximum atomic E-state index is 11.8. The van der Waals surface area contributed by atoms with Gasteiger partial charge in [0.2, 0.25) is 0 Å². The standard InChI is InChI=1S/C21H26N4O2/c1-21(2,3)27-20(26)23-13-17-12-22-19-18(14-24-25(19)15-17)11-7-10-16-8-5-4-6-9-16/h4-6,8-9,14,17,22H,11-13,15H2,1-3H3,(H,23,26). The van der Waals surface area contributed by atoms with Crippen molar-refractivity contribution in [3.8, 4) is 11.8 Å². The molecule has 6 nitrogen and oxygen atoms in total. The average molecular weight is 366 g/mol. The number of carbonyl (C=O) groups excluding carboxylic acids is 1. The Morgan fingerprint density at radius 3 is 2.89 bits per heavy atom. The fourth-order valence-electron chi connectivity index (χ4n) is 2.89. The van der Waals surface area contributed by atoms with Crippen molar-refractivity contribution >= 4 is 11.9 Å². The van der Waals surface area contributed by atoms with Crippen LogP contribution in [0.2, 0.25) is 0 Å². The third-order valence-corrected chi connectivity index (χ3v) is 4.12. The zero-order chi connectivity index (χ0) is 19.3. The maximum absolute atomic E-state index is 11.8. The lowest BCUT2D eigenvalue weighted by molar-refractivity contribution is 0.0518. The zero-order valence-electron chi connectivity index (χ0n) is 16.1. The molecule has 0 saturated carbocycles. The van der Waals surface area contributed by atoms with E-state index >= 15 is 0 Å². The van der Waals surface area contributed by atoms with Gasteiger partial charge in [0.15, 0.2) is 0 Å². The maximum Gasteiger partial charge on any atom is 0.407 e. The predicted octanol–water partition coefficient (Wildman–Crippen LogP) is 3.04. The Bertz CT molecular complexity index is 841. The normalized spacial score (nSPS) is 15.7. The number of anilines is 1. The molecule has 1 atom stereocenters. The van der Waals surface area contributed by atoms with Gasteiger partial charge in [-0.1, -0.05) is 30.0 Å². The highest BCUT2D eigenvalue weighted by atomic mass is 16.6. The molecule has 3 rings (SSSR count). The molecule has 1 aromatic carbocycles. The van der Waals surface area contributed by atoms with E-state index < -0.39 is 5.60 Å². The molecule has 0 aliphatic carbocycles. The molecule has 2 heterocycles. The van der Waals surface area contributed by atoms with Gasteiger partial charge < -0.3 is 15.4 Å². The van der Waals surface area contributed by atoms with Gasteiger partial charge in [0.05, 0.1) is 6.20 Å². The summed E-state index contributed by atoms with van der Waals surface area (Å²) in [6.45, 7) is 7.64. The van der Waals surface area contributed by atoms with E-state index in [9.17, 15) is 4.79 Å². The monoisotopic (exact) mass is 366 g/mol. The lowest BCUT2D eigenvalue weighted by atomic mass is 10.1. The predicted molar refractivity (Wildman–Crippen MR) is 105 cm³/mol. The molecule has 0 radical (unpaired) electrons. The molecule has 2 N–H and O–H groups in total. The first-order valence-corrected chi connectivity index (χ1v) is 9.20. The van der Waals surface area contributed by atoms with Crippen LogP contribution in [0.25, 0.3) is 0 Å². The number of nitrogens with one attached hydrogen (secondary N) is 2. The fourth-order valence-corrected chi connectivity index (χ4v) is 2.89. The van der Waals surface area contributed by atoms with Gasteiger partial charge in [-0.15, -0.1) is 0 Å². The van der Waals surface area contributed by atoms with Crippen LogP contribution in [-0.2, 0) is 17.7 Å². The molecule has 0 bridgehead atoms. The highest BCUT2D eigenvalue weighted by Crippen LogP contribution is 2.22. The first-order chi connectivity index (χ1) is 12.9. The number of benzene rings is 1. The quantitative estimate of drug-likeness (QED) is 0.820. The number of alkyl carbamates (subject to hydrolysis) is 1. The van der Waals surface area contributed by atoms with Crippen LogP contribution in [-0.4, -0.2) is 34.6 Å². The summed E-state index contributed by atoms with van der Waals surface area (Å²) >= 11 is 0. The average Bonchev–Trinajstić information content (AvgIpc) is 3.02. The van der Waals surface area contributed by atoms with E-state index in [1.807, 2.05) is 62.0 Å². The Balaban J connectivity index is 1.53. The summed E-state index contributed by atoms with van der Waals surface area (Å²) in [4.78, 5) is 11.8. The number of nitrogens with zero attached hydrogens (tertiary/aromatic N) is 2. The van der Waals surface area contributed by atoms with Gasteiger partial charge >= 0.3 is 6.09 Å². The Kier molecular flexibility index (Phi) is 5.70. The second kappa shape index (κ2) is 8.17. The van der Waals surface area contributed by atoms with Crippen LogP contribution in [0, 0.1) is 17.8 Å². The molecule has 142 valence electrons. The number of amides is 1. The molecule has 27 heavy (non-hydrogen) atoms. The summed E-state index contributed by atoms with van der Waals surface area (Å²) in [5.41, 5.74) is 1.62. The van der Waals surface area contributed by atoms with Crippen LogP contribution >= 0.6 is 0 Å². The lowest BCUT2D eigenvalue weighted by Gasteiger charge is -2.26. The Morgan fingerprint density at radius 2 is 2.15 bits per heavy atom. The van der Waals surface area contributed by atoms with Crippen LogP contribution in [0.3, 0.4) is 0 Å². The minimum atomic E-state index is -0.486. The van der Waals surface area contributed by atoms with Crippen molar-refractivity contribution in [3.63, 3.8) is 0 Å². The van der Waals surface area contributed by atoms with Crippen molar-refractivity contribution in [3.05, 3.63) is 47.7 Å². The Morgan fingerprint density at radius 1 is 1.37 bits per heavy atom. The second-order valence-corrected chi connectivity index (χ2v) is 7.67. The van der Waals surface area contributed by atoms with Gasteiger partial charge in [0.1, 0.15) is 11.4 Å². The molecule has 1 aromatic heterocycles. The molecule has 1 amide bonds. The summed E-state index contributed by atoms with van der Waals surface area (Å²) < 4.78 is 7.22. The second-order valence-electron chi connectivity index (χ2n) is 7.67. The summed E-state index contributed by atoms with van der Waals surface area (Å²) in [7, 11) is 0. The summed E-state index contributed by atoms with van der Waals surface area (Å²) in [6, 6.07) is 9.96. The topological polar surface area (TPSA) is 68.2 Å². The van der Waals surface area contributed by atoms with Gasteiger partial charge in [-0.2, -0.15) is 5.10 Å². The van der Waals surface area contributed by atoms with Crippen LogP contribution in [0.4, 0.5) is 10.6 Å². The molecule has 1 aliphatic rings. The summed E-state index contributed by atoms with van der Waals surface area (Å²) in [5, 5.41) is 10.7. The first-order valence-electron chi connectivity index (χ1n) is 9.20. The lowest BCUT2D eigenvalue weighted by Crippen LogP contribution is -2.40. The van der Waals surface area contributed by atoms with E-state index in [1.165, 1.54) is 0 Å². The summed E-state index contributed by atoms with van der Waals surface area (Å²) in [6.07, 6.45) is 2.13. The molecule has 6 heteroatoms. The fraction of sp³-hybridized carbons (Fsp3) is 0.429. The van der Waals surface area contributed by atoms with Crippen LogP contribution < -0.4 is 10.6 Å². The van der Waals surface area contributed by atoms with E-state index in [0.717, 1.165) is 30.0 Å². The van der Waals surface area contributed by atoms with E-state index in [-0.39, 0.29) is 12.0 Å². The van der Waals surface area contributed by atoms with Crippen molar-refractivity contribution < 1.29 is 9.53 Å². The van der Waals surface area contributed by atoms with Crippen molar-refractivity contribution in [1.29, 1.82) is 0 Å².